The van der Waals surface area contributed by atoms with Crippen molar-refractivity contribution in [1.29, 1.82) is 0 Å². The summed E-state index contributed by atoms with van der Waals surface area (Å²) < 4.78 is 11.8. The Morgan fingerprint density at radius 1 is 1.08 bits per heavy atom. The molecule has 26 heavy (non-hydrogen) atoms. The first-order valence-corrected chi connectivity index (χ1v) is 9.29. The molecule has 2 heterocycles. The summed E-state index contributed by atoms with van der Waals surface area (Å²) in [5, 5.41) is 4.82. The van der Waals surface area contributed by atoms with Crippen LogP contribution in [0.15, 0.2) is 12.2 Å². The van der Waals surface area contributed by atoms with Gasteiger partial charge >= 0.3 is 13.6 Å². The standard InChI is InChI=1S/C13H17N4O8P/c18-9-1-2-10(19)16(9)8-7-15-26(23,24)14-6-5-13(22)25-17-11(20)3-4-12(17)21/h1-2H,3-8H2,(H3,14,15,23,24). The highest BCUT2D eigenvalue weighted by Crippen LogP contribution is 2.28. The SMILES string of the molecule is O=C(CCNP(=O)(O)NCCN1C(=O)C=CC1=O)ON1C(=O)CCC1=O. The average molecular weight is 388 g/mol. The zero-order chi connectivity index (χ0) is 19.3. The third-order valence-electron chi connectivity index (χ3n) is 3.42. The molecule has 1 fully saturated rings. The van der Waals surface area contributed by atoms with E-state index in [1.54, 1.807) is 0 Å². The minimum absolute atomic E-state index is 0.0301. The zero-order valence-electron chi connectivity index (χ0n) is 13.5. The van der Waals surface area contributed by atoms with E-state index in [0.29, 0.717) is 5.06 Å². The summed E-state index contributed by atoms with van der Waals surface area (Å²) in [4.78, 5) is 71.9. The van der Waals surface area contributed by atoms with Crippen molar-refractivity contribution in [3.8, 4) is 0 Å². The van der Waals surface area contributed by atoms with Gasteiger partial charge in [-0.25, -0.2) is 15.0 Å². The smallest absolute Gasteiger partial charge is 0.330 e. The van der Waals surface area contributed by atoms with Gasteiger partial charge in [0.1, 0.15) is 0 Å². The number of hydrogen-bond donors (Lipinski definition) is 3. The molecular formula is C13H17N4O8P. The fourth-order valence-electron chi connectivity index (χ4n) is 2.14. The Labute approximate surface area is 147 Å². The Bertz CT molecular complexity index is 687. The highest BCUT2D eigenvalue weighted by Gasteiger charge is 2.32. The average Bonchev–Trinajstić information content (AvgIpc) is 3.04. The molecule has 3 N–H and O–H groups in total. The second-order valence-electron chi connectivity index (χ2n) is 5.35. The number of nitrogens with zero attached hydrogens (tertiary/aromatic N) is 2. The third kappa shape index (κ3) is 5.30. The van der Waals surface area contributed by atoms with Gasteiger partial charge in [0.2, 0.25) is 0 Å². The van der Waals surface area contributed by atoms with Gasteiger partial charge in [-0.3, -0.25) is 28.6 Å². The largest absolute Gasteiger partial charge is 0.338 e. The molecule has 0 aromatic heterocycles. The van der Waals surface area contributed by atoms with E-state index in [4.69, 9.17) is 0 Å². The summed E-state index contributed by atoms with van der Waals surface area (Å²) in [5.41, 5.74) is 0. The van der Waals surface area contributed by atoms with Crippen molar-refractivity contribution in [2.24, 2.45) is 0 Å². The number of imide groups is 2. The maximum atomic E-state index is 11.8. The quantitative estimate of drug-likeness (QED) is 0.303. The maximum absolute atomic E-state index is 11.8. The van der Waals surface area contributed by atoms with Gasteiger partial charge in [-0.2, -0.15) is 0 Å². The molecule has 0 aliphatic carbocycles. The zero-order valence-corrected chi connectivity index (χ0v) is 14.4. The van der Waals surface area contributed by atoms with Crippen LogP contribution in [0.25, 0.3) is 0 Å². The van der Waals surface area contributed by atoms with E-state index in [1.807, 2.05) is 0 Å². The van der Waals surface area contributed by atoms with Crippen molar-refractivity contribution in [1.82, 2.24) is 20.1 Å². The molecule has 2 aliphatic heterocycles. The highest BCUT2D eigenvalue weighted by molar-refractivity contribution is 7.53. The van der Waals surface area contributed by atoms with Crippen molar-refractivity contribution in [3.05, 3.63) is 12.2 Å². The van der Waals surface area contributed by atoms with Gasteiger partial charge < -0.3 is 9.73 Å². The number of hydroxylamine groups is 2. The number of carbonyl (C=O) groups excluding carboxylic acids is 5. The van der Waals surface area contributed by atoms with Crippen LogP contribution in [-0.4, -0.2) is 64.1 Å². The predicted molar refractivity (Wildman–Crippen MR) is 83.5 cm³/mol. The molecule has 0 saturated carbocycles. The number of carbonyl (C=O) groups is 5. The molecule has 13 heteroatoms. The van der Waals surface area contributed by atoms with E-state index >= 15 is 0 Å². The van der Waals surface area contributed by atoms with Gasteiger partial charge in [0.05, 0.1) is 6.42 Å². The van der Waals surface area contributed by atoms with Crippen LogP contribution in [0.1, 0.15) is 19.3 Å². The van der Waals surface area contributed by atoms with Crippen LogP contribution in [0.4, 0.5) is 0 Å². The molecule has 2 rings (SSSR count). The lowest BCUT2D eigenvalue weighted by atomic mass is 10.4. The highest BCUT2D eigenvalue weighted by atomic mass is 31.2. The molecule has 0 aromatic rings. The summed E-state index contributed by atoms with van der Waals surface area (Å²) in [7, 11) is -4.03. The summed E-state index contributed by atoms with van der Waals surface area (Å²) in [6.45, 7) is -0.502. The fourth-order valence-corrected chi connectivity index (χ4v) is 3.07. The van der Waals surface area contributed by atoms with E-state index in [-0.39, 0.29) is 38.9 Å². The van der Waals surface area contributed by atoms with Crippen molar-refractivity contribution >= 4 is 37.3 Å². The van der Waals surface area contributed by atoms with Crippen molar-refractivity contribution in [2.75, 3.05) is 19.6 Å². The van der Waals surface area contributed by atoms with Crippen LogP contribution >= 0.6 is 7.67 Å². The number of hydrogen-bond acceptors (Lipinski definition) is 7. The Balaban J connectivity index is 1.66. The summed E-state index contributed by atoms with van der Waals surface area (Å²) in [6.07, 6.45) is 1.77. The Morgan fingerprint density at radius 3 is 2.19 bits per heavy atom. The first-order valence-electron chi connectivity index (χ1n) is 7.63. The molecular weight excluding hydrogens is 371 g/mol. The number of nitrogens with one attached hydrogen (secondary N) is 2. The molecule has 142 valence electrons. The molecule has 2 aliphatic rings. The van der Waals surface area contributed by atoms with E-state index in [9.17, 15) is 33.4 Å². The van der Waals surface area contributed by atoms with Gasteiger partial charge in [0, 0.05) is 44.6 Å². The molecule has 1 saturated heterocycles. The van der Waals surface area contributed by atoms with Gasteiger partial charge in [-0.15, -0.1) is 5.06 Å². The Kier molecular flexibility index (Phi) is 6.37. The molecule has 0 aromatic carbocycles. The van der Waals surface area contributed by atoms with Gasteiger partial charge in [-0.05, 0) is 0 Å². The second-order valence-corrected chi connectivity index (χ2v) is 7.13. The minimum atomic E-state index is -4.03. The van der Waals surface area contributed by atoms with Crippen LogP contribution in [0.3, 0.4) is 0 Å². The van der Waals surface area contributed by atoms with Crippen molar-refractivity contribution in [2.45, 2.75) is 19.3 Å². The van der Waals surface area contributed by atoms with E-state index in [1.165, 1.54) is 0 Å². The monoisotopic (exact) mass is 388 g/mol. The van der Waals surface area contributed by atoms with E-state index < -0.39 is 37.3 Å². The first-order chi connectivity index (χ1) is 12.2. The van der Waals surface area contributed by atoms with E-state index in [2.05, 4.69) is 15.0 Å². The van der Waals surface area contributed by atoms with Gasteiger partial charge in [0.25, 0.3) is 23.6 Å². The fraction of sp³-hybridized carbons (Fsp3) is 0.462. The second kappa shape index (κ2) is 8.32. The molecule has 0 radical (unpaired) electrons. The third-order valence-corrected chi connectivity index (χ3v) is 4.72. The van der Waals surface area contributed by atoms with Crippen LogP contribution in [0.2, 0.25) is 0 Å². The van der Waals surface area contributed by atoms with Crippen molar-refractivity contribution < 1.29 is 38.3 Å². The van der Waals surface area contributed by atoms with Crippen LogP contribution in [-0.2, 0) is 33.4 Å². The minimum Gasteiger partial charge on any atom is -0.330 e. The summed E-state index contributed by atoms with van der Waals surface area (Å²) >= 11 is 0. The van der Waals surface area contributed by atoms with Gasteiger partial charge in [-0.1, -0.05) is 0 Å². The van der Waals surface area contributed by atoms with Crippen LogP contribution < -0.4 is 10.2 Å². The number of rotatable bonds is 9. The van der Waals surface area contributed by atoms with Crippen LogP contribution in [0, 0.1) is 0 Å². The Hall–Kier alpha value is -2.40. The summed E-state index contributed by atoms with van der Waals surface area (Å²) in [5.74, 6) is -3.17. The molecule has 1 unspecified atom stereocenters. The maximum Gasteiger partial charge on any atom is 0.338 e. The van der Waals surface area contributed by atoms with Crippen LogP contribution in [0.5, 0.6) is 0 Å². The Morgan fingerprint density at radius 2 is 1.62 bits per heavy atom. The van der Waals surface area contributed by atoms with Crippen molar-refractivity contribution in [3.63, 3.8) is 0 Å². The summed E-state index contributed by atoms with van der Waals surface area (Å²) in [6, 6.07) is 0. The molecule has 0 spiro atoms. The predicted octanol–water partition coefficient (Wildman–Crippen LogP) is -1.81. The first kappa shape index (κ1) is 19.9. The van der Waals surface area contributed by atoms with Gasteiger partial charge in [0.15, 0.2) is 0 Å². The molecule has 4 amide bonds. The topological polar surface area (TPSA) is 162 Å². The lowest BCUT2D eigenvalue weighted by Gasteiger charge is -2.18. The molecule has 0 bridgehead atoms. The van der Waals surface area contributed by atoms with E-state index in [0.717, 1.165) is 17.1 Å². The lowest BCUT2D eigenvalue weighted by Crippen LogP contribution is -2.37. The molecule has 1 atom stereocenters. The number of amides is 4. The lowest BCUT2D eigenvalue weighted by molar-refractivity contribution is -0.197. The normalized spacial score (nSPS) is 19.4. The molecule has 12 nitrogen and oxygen atoms in total.